The Kier molecular flexibility index (Phi) is 4.67. The molecule has 20 heavy (non-hydrogen) atoms. The van der Waals surface area contributed by atoms with E-state index in [1.165, 1.54) is 0 Å². The van der Waals surface area contributed by atoms with Crippen molar-refractivity contribution in [2.75, 3.05) is 30.4 Å². The third-order valence-electron chi connectivity index (χ3n) is 3.37. The number of anilines is 1. The maximum atomic E-state index is 11.9. The lowest BCUT2D eigenvalue weighted by atomic mass is 10.2. The van der Waals surface area contributed by atoms with Gasteiger partial charge in [0.25, 0.3) is 0 Å². The first-order chi connectivity index (χ1) is 9.37. The fourth-order valence-electron chi connectivity index (χ4n) is 2.23. The van der Waals surface area contributed by atoms with Crippen LogP contribution in [0.4, 0.5) is 5.69 Å². The zero-order valence-electron chi connectivity index (χ0n) is 11.2. The van der Waals surface area contributed by atoms with Crippen LogP contribution in [0.5, 0.6) is 0 Å². The predicted octanol–water partition coefficient (Wildman–Crippen LogP) is 1.40. The van der Waals surface area contributed by atoms with Gasteiger partial charge in [0.05, 0.1) is 28.8 Å². The summed E-state index contributed by atoms with van der Waals surface area (Å²) in [6.07, 6.45) is 0.582. The number of rotatable bonds is 4. The minimum atomic E-state index is -2.94. The molecule has 1 N–H and O–H groups in total. The van der Waals surface area contributed by atoms with E-state index < -0.39 is 9.84 Å². The topological polar surface area (TPSA) is 66.5 Å². The Morgan fingerprint density at radius 1 is 1.45 bits per heavy atom. The van der Waals surface area contributed by atoms with Crippen LogP contribution in [0.15, 0.2) is 24.3 Å². The summed E-state index contributed by atoms with van der Waals surface area (Å²) in [7, 11) is -1.17. The number of amides is 1. The number of nitrogens with one attached hydrogen (secondary N) is 1. The average Bonchev–Trinajstić information content (AvgIpc) is 2.73. The summed E-state index contributed by atoms with van der Waals surface area (Å²) in [6.45, 7) is 0.144. The fourth-order valence-corrected chi connectivity index (χ4v) is 4.22. The molecule has 0 radical (unpaired) electrons. The number of benzene rings is 1. The number of halogens is 1. The zero-order chi connectivity index (χ0) is 14.8. The third kappa shape index (κ3) is 3.94. The molecule has 1 aliphatic heterocycles. The van der Waals surface area contributed by atoms with Crippen molar-refractivity contribution in [3.8, 4) is 0 Å². The molecule has 110 valence electrons. The van der Waals surface area contributed by atoms with Crippen molar-refractivity contribution in [2.24, 2.45) is 0 Å². The number of carbonyl (C=O) groups excluding carboxylic acids is 1. The molecule has 0 saturated carbocycles. The molecular formula is C13H17ClN2O3S. The maximum absolute atomic E-state index is 11.9. The van der Waals surface area contributed by atoms with Gasteiger partial charge in [-0.15, -0.1) is 0 Å². The lowest BCUT2D eigenvalue weighted by Gasteiger charge is -2.22. The third-order valence-corrected chi connectivity index (χ3v) is 5.45. The number of carbonyl (C=O) groups is 1. The molecular weight excluding hydrogens is 300 g/mol. The highest BCUT2D eigenvalue weighted by molar-refractivity contribution is 7.91. The molecule has 1 saturated heterocycles. The Labute approximate surface area is 123 Å². The first kappa shape index (κ1) is 15.3. The Hall–Kier alpha value is -1.11. The van der Waals surface area contributed by atoms with Crippen molar-refractivity contribution >= 4 is 33.0 Å². The second-order valence-electron chi connectivity index (χ2n) is 5.00. The number of hydrogen-bond donors (Lipinski definition) is 1. The second-order valence-corrected chi connectivity index (χ2v) is 7.64. The van der Waals surface area contributed by atoms with Gasteiger partial charge in [-0.25, -0.2) is 8.42 Å². The van der Waals surface area contributed by atoms with E-state index in [0.29, 0.717) is 17.1 Å². The molecule has 1 heterocycles. The smallest absolute Gasteiger partial charge is 0.238 e. The Balaban J connectivity index is 1.90. The van der Waals surface area contributed by atoms with Gasteiger partial charge in [-0.2, -0.15) is 0 Å². The molecule has 2 rings (SSSR count). The molecule has 0 bridgehead atoms. The lowest BCUT2D eigenvalue weighted by molar-refractivity contribution is -0.117. The monoisotopic (exact) mass is 316 g/mol. The summed E-state index contributed by atoms with van der Waals surface area (Å²) < 4.78 is 22.8. The summed E-state index contributed by atoms with van der Waals surface area (Å²) >= 11 is 5.96. The minimum Gasteiger partial charge on any atom is -0.324 e. The SMILES string of the molecule is CN(CC(=O)Nc1ccccc1Cl)[C@H]1CCS(=O)(=O)C1. The molecule has 0 unspecified atom stereocenters. The van der Waals surface area contributed by atoms with E-state index in [1.54, 1.807) is 36.2 Å². The van der Waals surface area contributed by atoms with Crippen LogP contribution in [0.25, 0.3) is 0 Å². The Morgan fingerprint density at radius 3 is 2.75 bits per heavy atom. The van der Waals surface area contributed by atoms with Gasteiger partial charge in [-0.1, -0.05) is 23.7 Å². The van der Waals surface area contributed by atoms with E-state index in [1.807, 2.05) is 0 Å². The molecule has 7 heteroatoms. The molecule has 5 nitrogen and oxygen atoms in total. The Bertz CT molecular complexity index is 603. The van der Waals surface area contributed by atoms with Gasteiger partial charge in [0, 0.05) is 6.04 Å². The second kappa shape index (κ2) is 6.11. The molecule has 1 amide bonds. The van der Waals surface area contributed by atoms with Crippen LogP contribution in [0.2, 0.25) is 5.02 Å². The molecule has 0 aliphatic carbocycles. The predicted molar refractivity (Wildman–Crippen MR) is 79.8 cm³/mol. The van der Waals surface area contributed by atoms with Crippen LogP contribution in [-0.4, -0.2) is 50.4 Å². The highest BCUT2D eigenvalue weighted by atomic mass is 35.5. The molecule has 0 spiro atoms. The van der Waals surface area contributed by atoms with Gasteiger partial charge in [-0.3, -0.25) is 9.69 Å². The van der Waals surface area contributed by atoms with Crippen LogP contribution >= 0.6 is 11.6 Å². The highest BCUT2D eigenvalue weighted by Crippen LogP contribution is 2.21. The van der Waals surface area contributed by atoms with Gasteiger partial charge in [0.2, 0.25) is 5.91 Å². The standard InChI is InChI=1S/C13H17ClN2O3S/c1-16(10-6-7-20(18,19)9-10)8-13(17)15-12-5-3-2-4-11(12)14/h2-5,10H,6-9H2,1H3,(H,15,17)/t10-/m0/s1. The number of hydrogen-bond acceptors (Lipinski definition) is 4. The van der Waals surface area contributed by atoms with E-state index in [4.69, 9.17) is 11.6 Å². The van der Waals surface area contributed by atoms with Crippen molar-refractivity contribution in [3.63, 3.8) is 0 Å². The van der Waals surface area contributed by atoms with E-state index in [9.17, 15) is 13.2 Å². The lowest BCUT2D eigenvalue weighted by Crippen LogP contribution is -2.38. The van der Waals surface area contributed by atoms with Crippen molar-refractivity contribution in [1.82, 2.24) is 4.90 Å². The van der Waals surface area contributed by atoms with Crippen molar-refractivity contribution in [3.05, 3.63) is 29.3 Å². The van der Waals surface area contributed by atoms with Crippen molar-refractivity contribution < 1.29 is 13.2 Å². The van der Waals surface area contributed by atoms with Crippen LogP contribution in [0, 0.1) is 0 Å². The van der Waals surface area contributed by atoms with Crippen LogP contribution < -0.4 is 5.32 Å². The maximum Gasteiger partial charge on any atom is 0.238 e. The summed E-state index contributed by atoms with van der Waals surface area (Å²) in [4.78, 5) is 13.7. The fraction of sp³-hybridized carbons (Fsp3) is 0.462. The van der Waals surface area contributed by atoms with Gasteiger partial charge >= 0.3 is 0 Å². The number of likely N-dealkylation sites (N-methyl/N-ethyl adjacent to an activating group) is 1. The number of sulfone groups is 1. The van der Waals surface area contributed by atoms with E-state index in [2.05, 4.69) is 5.32 Å². The first-order valence-electron chi connectivity index (χ1n) is 6.32. The number of nitrogens with zero attached hydrogens (tertiary/aromatic N) is 1. The highest BCUT2D eigenvalue weighted by Gasteiger charge is 2.31. The molecule has 1 aliphatic rings. The summed E-state index contributed by atoms with van der Waals surface area (Å²) in [6, 6.07) is 6.91. The quantitative estimate of drug-likeness (QED) is 0.912. The van der Waals surface area contributed by atoms with Crippen LogP contribution in [0.1, 0.15) is 6.42 Å². The van der Waals surface area contributed by atoms with Gasteiger partial charge in [0.15, 0.2) is 9.84 Å². The molecule has 1 aromatic rings. The largest absolute Gasteiger partial charge is 0.324 e. The average molecular weight is 317 g/mol. The van der Waals surface area contributed by atoms with Crippen LogP contribution in [0.3, 0.4) is 0 Å². The minimum absolute atomic E-state index is 0.0861. The first-order valence-corrected chi connectivity index (χ1v) is 8.52. The zero-order valence-corrected chi connectivity index (χ0v) is 12.7. The van der Waals surface area contributed by atoms with Crippen LogP contribution in [-0.2, 0) is 14.6 Å². The summed E-state index contributed by atoms with van der Waals surface area (Å²) in [5, 5.41) is 3.20. The van der Waals surface area contributed by atoms with Crippen molar-refractivity contribution in [2.45, 2.75) is 12.5 Å². The molecule has 1 fully saturated rings. The normalized spacial score (nSPS) is 21.1. The summed E-state index contributed by atoms with van der Waals surface area (Å²) in [5.74, 6) is 0.127. The Morgan fingerprint density at radius 2 is 2.15 bits per heavy atom. The molecule has 1 aromatic carbocycles. The summed E-state index contributed by atoms with van der Waals surface area (Å²) in [5.41, 5.74) is 0.562. The van der Waals surface area contributed by atoms with E-state index >= 15 is 0 Å². The molecule has 1 atom stereocenters. The van der Waals surface area contributed by atoms with Crippen molar-refractivity contribution in [1.29, 1.82) is 0 Å². The van der Waals surface area contributed by atoms with Gasteiger partial charge in [0.1, 0.15) is 0 Å². The van der Waals surface area contributed by atoms with Gasteiger partial charge in [-0.05, 0) is 25.6 Å². The van der Waals surface area contributed by atoms with E-state index in [-0.39, 0.29) is 30.0 Å². The molecule has 0 aromatic heterocycles. The number of para-hydroxylation sites is 1. The van der Waals surface area contributed by atoms with E-state index in [0.717, 1.165) is 0 Å². The van der Waals surface area contributed by atoms with Gasteiger partial charge < -0.3 is 5.32 Å².